The number of nitrogen functional groups attached to an aromatic ring is 1. The number of carbonyl (C=O) groups excluding carboxylic acids is 1. The summed E-state index contributed by atoms with van der Waals surface area (Å²) in [5.41, 5.74) is 6.85. The molecule has 2 N–H and O–H groups in total. The van der Waals surface area contributed by atoms with Crippen LogP contribution in [0.2, 0.25) is 0 Å². The summed E-state index contributed by atoms with van der Waals surface area (Å²) in [5, 5.41) is 0. The Kier molecular flexibility index (Phi) is 4.44. The highest BCUT2D eigenvalue weighted by Gasteiger charge is 2.42. The van der Waals surface area contributed by atoms with Crippen molar-refractivity contribution in [3.8, 4) is 0 Å². The summed E-state index contributed by atoms with van der Waals surface area (Å²) in [6, 6.07) is 7.54. The van der Waals surface area contributed by atoms with Gasteiger partial charge in [0.25, 0.3) is 0 Å². The van der Waals surface area contributed by atoms with Crippen molar-refractivity contribution in [2.75, 3.05) is 30.3 Å². The maximum absolute atomic E-state index is 12.5. The van der Waals surface area contributed by atoms with E-state index in [0.29, 0.717) is 24.7 Å². The van der Waals surface area contributed by atoms with Gasteiger partial charge in [-0.15, -0.1) is 0 Å². The topological polar surface area (TPSA) is 88.2 Å². The van der Waals surface area contributed by atoms with Crippen molar-refractivity contribution in [2.24, 2.45) is 5.41 Å². The fraction of sp³-hybridized carbons (Fsp3) is 0.474. The fourth-order valence-corrected chi connectivity index (χ4v) is 4.16. The third-order valence-electron chi connectivity index (χ3n) is 5.44. The summed E-state index contributed by atoms with van der Waals surface area (Å²) in [5.74, 6) is 1.40. The Bertz CT molecular complexity index is 783. The minimum absolute atomic E-state index is 0.0922. The molecule has 0 aromatic carbocycles. The van der Waals surface area contributed by atoms with E-state index in [4.69, 9.17) is 5.73 Å². The van der Waals surface area contributed by atoms with Crippen LogP contribution in [0.3, 0.4) is 0 Å². The molecular formula is C19H24N6O. The van der Waals surface area contributed by atoms with Crippen LogP contribution in [0.4, 0.5) is 11.8 Å². The maximum atomic E-state index is 12.5. The van der Waals surface area contributed by atoms with Crippen LogP contribution in [-0.2, 0) is 11.3 Å². The summed E-state index contributed by atoms with van der Waals surface area (Å²) >= 11 is 0. The summed E-state index contributed by atoms with van der Waals surface area (Å²) < 4.78 is 0. The van der Waals surface area contributed by atoms with Crippen molar-refractivity contribution in [2.45, 2.75) is 32.2 Å². The molecule has 1 spiro atoms. The van der Waals surface area contributed by atoms with Gasteiger partial charge < -0.3 is 15.5 Å². The quantitative estimate of drug-likeness (QED) is 0.907. The van der Waals surface area contributed by atoms with Crippen molar-refractivity contribution in [3.63, 3.8) is 0 Å². The van der Waals surface area contributed by atoms with E-state index in [0.717, 1.165) is 44.6 Å². The minimum atomic E-state index is 0.0922. The van der Waals surface area contributed by atoms with Gasteiger partial charge in [0.15, 0.2) is 0 Å². The highest BCUT2D eigenvalue weighted by molar-refractivity contribution is 5.77. The molecule has 7 nitrogen and oxygen atoms in total. The Labute approximate surface area is 153 Å². The van der Waals surface area contributed by atoms with Gasteiger partial charge in [0.05, 0.1) is 12.2 Å². The molecule has 1 amide bonds. The number of anilines is 2. The molecule has 2 aliphatic rings. The Balaban J connectivity index is 1.51. The number of pyridine rings is 1. The Hall–Kier alpha value is -2.70. The standard InChI is InChI=1S/C19H24N6O/c20-16-6-10-22-18(23-16)24-11-3-7-19(13-24)8-5-17(26)25(14-19)12-15-4-1-2-9-21-15/h1-2,4,6,9-10H,3,5,7-8,11-14H2,(H2,20,22,23)/t19-/m0/s1. The number of carbonyl (C=O) groups is 1. The zero-order valence-electron chi connectivity index (χ0n) is 14.8. The van der Waals surface area contributed by atoms with Gasteiger partial charge in [-0.25, -0.2) is 4.98 Å². The van der Waals surface area contributed by atoms with Gasteiger partial charge in [-0.1, -0.05) is 6.07 Å². The zero-order valence-corrected chi connectivity index (χ0v) is 14.8. The van der Waals surface area contributed by atoms with Gasteiger partial charge in [0.2, 0.25) is 11.9 Å². The van der Waals surface area contributed by atoms with Gasteiger partial charge in [0.1, 0.15) is 5.82 Å². The molecule has 4 heterocycles. The number of piperidine rings is 2. The molecule has 136 valence electrons. The number of amides is 1. The van der Waals surface area contributed by atoms with E-state index in [1.165, 1.54) is 0 Å². The van der Waals surface area contributed by atoms with Gasteiger partial charge in [-0.3, -0.25) is 9.78 Å². The molecule has 1 atom stereocenters. The van der Waals surface area contributed by atoms with Crippen molar-refractivity contribution in [3.05, 3.63) is 42.4 Å². The lowest BCUT2D eigenvalue weighted by molar-refractivity contribution is -0.138. The molecule has 0 unspecified atom stereocenters. The van der Waals surface area contributed by atoms with E-state index in [1.54, 1.807) is 18.5 Å². The molecule has 2 aromatic heterocycles. The van der Waals surface area contributed by atoms with Crippen molar-refractivity contribution in [1.82, 2.24) is 19.9 Å². The van der Waals surface area contributed by atoms with Crippen LogP contribution in [0.15, 0.2) is 36.7 Å². The third kappa shape index (κ3) is 3.47. The number of rotatable bonds is 3. The first-order valence-electron chi connectivity index (χ1n) is 9.15. The first kappa shape index (κ1) is 16.8. The monoisotopic (exact) mass is 352 g/mol. The number of aromatic nitrogens is 3. The second-order valence-electron chi connectivity index (χ2n) is 7.38. The van der Waals surface area contributed by atoms with Crippen molar-refractivity contribution < 1.29 is 4.79 Å². The second kappa shape index (κ2) is 6.90. The van der Waals surface area contributed by atoms with Crippen LogP contribution in [0.1, 0.15) is 31.4 Å². The first-order valence-corrected chi connectivity index (χ1v) is 9.15. The molecule has 0 bridgehead atoms. The minimum Gasteiger partial charge on any atom is -0.384 e. The maximum Gasteiger partial charge on any atom is 0.227 e. The lowest BCUT2D eigenvalue weighted by Gasteiger charge is -2.48. The van der Waals surface area contributed by atoms with Crippen LogP contribution in [0.5, 0.6) is 0 Å². The van der Waals surface area contributed by atoms with Crippen LogP contribution in [0, 0.1) is 5.41 Å². The molecule has 2 aromatic rings. The smallest absolute Gasteiger partial charge is 0.227 e. The SMILES string of the molecule is Nc1ccnc(N2CCC[C@]3(CCC(=O)N(Cc4ccccn4)C3)C2)n1. The number of nitrogens with zero attached hydrogens (tertiary/aromatic N) is 5. The molecule has 0 saturated carbocycles. The molecular weight excluding hydrogens is 328 g/mol. The highest BCUT2D eigenvalue weighted by atomic mass is 16.2. The normalized spacial score (nSPS) is 23.5. The van der Waals surface area contributed by atoms with E-state index in [1.807, 2.05) is 23.1 Å². The lowest BCUT2D eigenvalue weighted by atomic mass is 9.73. The Morgan fingerprint density at radius 3 is 2.85 bits per heavy atom. The molecule has 2 saturated heterocycles. The number of likely N-dealkylation sites (tertiary alicyclic amines) is 1. The molecule has 4 rings (SSSR count). The summed E-state index contributed by atoms with van der Waals surface area (Å²) in [4.78, 5) is 29.8. The van der Waals surface area contributed by atoms with Crippen LogP contribution in [0.25, 0.3) is 0 Å². The van der Waals surface area contributed by atoms with Gasteiger partial charge in [-0.05, 0) is 37.5 Å². The predicted octanol–water partition coefficient (Wildman–Crippen LogP) is 1.86. The molecule has 0 radical (unpaired) electrons. The number of hydrogen-bond donors (Lipinski definition) is 1. The van der Waals surface area contributed by atoms with Gasteiger partial charge in [0, 0.05) is 43.9 Å². The average Bonchev–Trinajstić information content (AvgIpc) is 2.66. The number of hydrogen-bond acceptors (Lipinski definition) is 6. The van der Waals surface area contributed by atoms with E-state index < -0.39 is 0 Å². The highest BCUT2D eigenvalue weighted by Crippen LogP contribution is 2.40. The van der Waals surface area contributed by atoms with Crippen LogP contribution in [-0.4, -0.2) is 45.4 Å². The van der Waals surface area contributed by atoms with E-state index >= 15 is 0 Å². The number of nitrogens with two attached hydrogens (primary N) is 1. The molecule has 2 fully saturated rings. The average molecular weight is 352 g/mol. The third-order valence-corrected chi connectivity index (χ3v) is 5.44. The fourth-order valence-electron chi connectivity index (χ4n) is 4.16. The molecule has 26 heavy (non-hydrogen) atoms. The van der Waals surface area contributed by atoms with Crippen LogP contribution >= 0.6 is 0 Å². The predicted molar refractivity (Wildman–Crippen MR) is 99.2 cm³/mol. The summed E-state index contributed by atoms with van der Waals surface area (Å²) in [7, 11) is 0. The Morgan fingerprint density at radius 1 is 1.12 bits per heavy atom. The summed E-state index contributed by atoms with van der Waals surface area (Å²) in [6.45, 7) is 3.14. The van der Waals surface area contributed by atoms with Crippen molar-refractivity contribution >= 4 is 17.7 Å². The van der Waals surface area contributed by atoms with E-state index in [-0.39, 0.29) is 11.3 Å². The first-order chi connectivity index (χ1) is 12.6. The van der Waals surface area contributed by atoms with Crippen LogP contribution < -0.4 is 10.6 Å². The van der Waals surface area contributed by atoms with Gasteiger partial charge in [-0.2, -0.15) is 4.98 Å². The molecule has 2 aliphatic heterocycles. The Morgan fingerprint density at radius 2 is 2.04 bits per heavy atom. The molecule has 7 heteroatoms. The van der Waals surface area contributed by atoms with E-state index in [9.17, 15) is 4.79 Å². The second-order valence-corrected chi connectivity index (χ2v) is 7.38. The van der Waals surface area contributed by atoms with Crippen molar-refractivity contribution in [1.29, 1.82) is 0 Å². The van der Waals surface area contributed by atoms with E-state index in [2.05, 4.69) is 19.9 Å². The van der Waals surface area contributed by atoms with Gasteiger partial charge >= 0.3 is 0 Å². The lowest BCUT2D eigenvalue weighted by Crippen LogP contribution is -2.54. The zero-order chi connectivity index (χ0) is 18.0. The largest absolute Gasteiger partial charge is 0.384 e. The molecule has 0 aliphatic carbocycles. The summed E-state index contributed by atoms with van der Waals surface area (Å²) in [6.07, 6.45) is 7.19.